The highest BCUT2D eigenvalue weighted by Gasteiger charge is 2.18. The topological polar surface area (TPSA) is 29.1 Å². The lowest BCUT2D eigenvalue weighted by molar-refractivity contribution is 0.0946. The van der Waals surface area contributed by atoms with E-state index in [0.717, 1.165) is 5.56 Å². The monoisotopic (exact) mass is 255 g/mol. The number of hydrogen-bond donors (Lipinski definition) is 1. The van der Waals surface area contributed by atoms with Gasteiger partial charge in [-0.3, -0.25) is 4.79 Å². The molecule has 94 valence electrons. The summed E-state index contributed by atoms with van der Waals surface area (Å²) < 4.78 is 13.4. The van der Waals surface area contributed by atoms with Crippen LogP contribution in [0.25, 0.3) is 0 Å². The van der Waals surface area contributed by atoms with Crippen LogP contribution in [0.4, 0.5) is 4.39 Å². The minimum absolute atomic E-state index is 0.0457. The van der Waals surface area contributed by atoms with Gasteiger partial charge in [0.15, 0.2) is 0 Å². The van der Waals surface area contributed by atoms with Crippen molar-refractivity contribution in [1.29, 1.82) is 0 Å². The van der Waals surface area contributed by atoms with Crippen LogP contribution in [0.1, 0.15) is 29.8 Å². The van der Waals surface area contributed by atoms with Crippen molar-refractivity contribution < 1.29 is 9.18 Å². The largest absolute Gasteiger partial charge is 0.351 e. The van der Waals surface area contributed by atoms with Crippen LogP contribution < -0.4 is 5.32 Å². The molecule has 0 unspecified atom stereocenters. The molecule has 0 fully saturated rings. The highest BCUT2D eigenvalue weighted by Crippen LogP contribution is 2.20. The fourth-order valence-corrected chi connectivity index (χ4v) is 1.49. The number of amides is 1. The highest BCUT2D eigenvalue weighted by atomic mass is 32.2. The normalized spacial score (nSPS) is 11.4. The number of benzene rings is 1. The molecule has 0 atom stereocenters. The first kappa shape index (κ1) is 14.0. The van der Waals surface area contributed by atoms with Gasteiger partial charge < -0.3 is 5.32 Å². The molecule has 0 bridgehead atoms. The summed E-state index contributed by atoms with van der Waals surface area (Å²) in [6.07, 6.45) is 1.99. The van der Waals surface area contributed by atoms with Crippen LogP contribution in [0, 0.1) is 12.7 Å². The molecule has 17 heavy (non-hydrogen) atoms. The van der Waals surface area contributed by atoms with Crippen molar-refractivity contribution in [2.75, 3.05) is 12.8 Å². The number of carbonyl (C=O) groups is 1. The van der Waals surface area contributed by atoms with Gasteiger partial charge in [0.05, 0.1) is 5.56 Å². The maximum atomic E-state index is 13.5. The third kappa shape index (κ3) is 4.04. The molecular formula is C13H18FNOS. The molecule has 0 aliphatic heterocycles. The van der Waals surface area contributed by atoms with Crippen molar-refractivity contribution in [2.24, 2.45) is 0 Å². The molecule has 1 amide bonds. The molecule has 0 aliphatic carbocycles. The van der Waals surface area contributed by atoms with Crippen LogP contribution in [0.2, 0.25) is 0 Å². The molecule has 1 aromatic carbocycles. The second-order valence-electron chi connectivity index (χ2n) is 4.63. The minimum Gasteiger partial charge on any atom is -0.351 e. The van der Waals surface area contributed by atoms with Gasteiger partial charge in [-0.2, -0.15) is 11.8 Å². The third-order valence-electron chi connectivity index (χ3n) is 2.59. The molecular weight excluding hydrogens is 237 g/mol. The van der Waals surface area contributed by atoms with E-state index in [-0.39, 0.29) is 16.2 Å². The molecule has 0 radical (unpaired) electrons. The van der Waals surface area contributed by atoms with Gasteiger partial charge in [0.25, 0.3) is 5.91 Å². The van der Waals surface area contributed by atoms with E-state index in [4.69, 9.17) is 0 Å². The van der Waals surface area contributed by atoms with Crippen LogP contribution in [0.3, 0.4) is 0 Å². The first-order valence-electron chi connectivity index (χ1n) is 5.45. The Bertz CT molecular complexity index is 418. The molecule has 0 aromatic heterocycles. The van der Waals surface area contributed by atoms with E-state index in [1.807, 2.05) is 27.0 Å². The minimum atomic E-state index is -0.477. The maximum Gasteiger partial charge on any atom is 0.254 e. The Morgan fingerprint density at radius 2 is 2.12 bits per heavy atom. The molecule has 1 rings (SSSR count). The van der Waals surface area contributed by atoms with Crippen molar-refractivity contribution in [2.45, 2.75) is 25.5 Å². The van der Waals surface area contributed by atoms with E-state index in [1.165, 1.54) is 6.07 Å². The van der Waals surface area contributed by atoms with E-state index >= 15 is 0 Å². The number of halogens is 1. The number of hydrogen-bond acceptors (Lipinski definition) is 2. The summed E-state index contributed by atoms with van der Waals surface area (Å²) in [5.41, 5.74) is 0.988. The number of nitrogens with one attached hydrogen (secondary N) is 1. The Morgan fingerprint density at radius 3 is 2.71 bits per heavy atom. The Labute approximate surface area is 106 Å². The van der Waals surface area contributed by atoms with Crippen LogP contribution in [-0.4, -0.2) is 23.5 Å². The Balaban J connectivity index is 2.74. The zero-order chi connectivity index (χ0) is 13.1. The van der Waals surface area contributed by atoms with E-state index in [9.17, 15) is 9.18 Å². The molecule has 0 spiro atoms. The zero-order valence-electron chi connectivity index (χ0n) is 10.6. The van der Waals surface area contributed by atoms with Crippen molar-refractivity contribution >= 4 is 17.7 Å². The molecule has 0 aliphatic rings. The van der Waals surface area contributed by atoms with E-state index in [0.29, 0.717) is 6.54 Å². The number of rotatable bonds is 4. The molecule has 0 saturated carbocycles. The summed E-state index contributed by atoms with van der Waals surface area (Å²) >= 11 is 1.66. The first-order valence-corrected chi connectivity index (χ1v) is 6.68. The fourth-order valence-electron chi connectivity index (χ4n) is 1.27. The van der Waals surface area contributed by atoms with E-state index < -0.39 is 5.82 Å². The Kier molecular flexibility index (Phi) is 4.57. The highest BCUT2D eigenvalue weighted by molar-refractivity contribution is 7.99. The van der Waals surface area contributed by atoms with Crippen molar-refractivity contribution in [3.05, 3.63) is 35.1 Å². The second-order valence-corrected chi connectivity index (χ2v) is 6.14. The summed E-state index contributed by atoms with van der Waals surface area (Å²) in [5, 5.41) is 2.76. The predicted molar refractivity (Wildman–Crippen MR) is 71.1 cm³/mol. The van der Waals surface area contributed by atoms with Gasteiger partial charge in [-0.15, -0.1) is 0 Å². The molecule has 1 aromatic rings. The molecule has 0 heterocycles. The van der Waals surface area contributed by atoms with Crippen molar-refractivity contribution in [3.63, 3.8) is 0 Å². The van der Waals surface area contributed by atoms with Gasteiger partial charge in [0.2, 0.25) is 0 Å². The lowest BCUT2D eigenvalue weighted by Gasteiger charge is -2.22. The van der Waals surface area contributed by atoms with Crippen LogP contribution in [0.15, 0.2) is 18.2 Å². The predicted octanol–water partition coefficient (Wildman–Crippen LogP) is 3.01. The first-order chi connectivity index (χ1) is 7.85. The van der Waals surface area contributed by atoms with Gasteiger partial charge in [0.1, 0.15) is 5.82 Å². The van der Waals surface area contributed by atoms with Gasteiger partial charge in [-0.25, -0.2) is 4.39 Å². The average molecular weight is 255 g/mol. The molecule has 1 N–H and O–H groups in total. The Hall–Kier alpha value is -1.03. The molecule has 2 nitrogen and oxygen atoms in total. The zero-order valence-corrected chi connectivity index (χ0v) is 11.5. The van der Waals surface area contributed by atoms with Crippen LogP contribution in [0.5, 0.6) is 0 Å². The smallest absolute Gasteiger partial charge is 0.254 e. The quantitative estimate of drug-likeness (QED) is 0.896. The maximum absolute atomic E-state index is 13.5. The Morgan fingerprint density at radius 1 is 1.47 bits per heavy atom. The summed E-state index contributed by atoms with van der Waals surface area (Å²) in [6, 6.07) is 4.54. The van der Waals surface area contributed by atoms with Crippen molar-refractivity contribution in [3.8, 4) is 0 Å². The summed E-state index contributed by atoms with van der Waals surface area (Å²) in [7, 11) is 0. The average Bonchev–Trinajstić information content (AvgIpc) is 2.29. The summed E-state index contributed by atoms with van der Waals surface area (Å²) in [6.45, 7) is 6.41. The van der Waals surface area contributed by atoms with Crippen molar-refractivity contribution in [1.82, 2.24) is 5.32 Å². The summed E-state index contributed by atoms with van der Waals surface area (Å²) in [5.74, 6) is -0.830. The molecule has 4 heteroatoms. The lowest BCUT2D eigenvalue weighted by Crippen LogP contribution is -2.36. The van der Waals surface area contributed by atoms with Crippen LogP contribution in [-0.2, 0) is 0 Å². The van der Waals surface area contributed by atoms with Gasteiger partial charge in [-0.1, -0.05) is 11.6 Å². The SMILES string of the molecule is CSC(C)(C)CNC(=O)c1cc(C)ccc1F. The molecule has 0 saturated heterocycles. The lowest BCUT2D eigenvalue weighted by atomic mass is 10.1. The number of carbonyl (C=O) groups excluding carboxylic acids is 1. The number of aryl methyl sites for hydroxylation is 1. The van der Waals surface area contributed by atoms with E-state index in [2.05, 4.69) is 5.32 Å². The summed E-state index contributed by atoms with van der Waals surface area (Å²) in [4.78, 5) is 11.8. The van der Waals surface area contributed by atoms with Gasteiger partial charge in [0, 0.05) is 11.3 Å². The second kappa shape index (κ2) is 5.54. The van der Waals surface area contributed by atoms with Gasteiger partial charge >= 0.3 is 0 Å². The number of thioether (sulfide) groups is 1. The van der Waals surface area contributed by atoms with E-state index in [1.54, 1.807) is 23.9 Å². The standard InChI is InChI=1S/C13H18FNOS/c1-9-5-6-11(14)10(7-9)12(16)15-8-13(2,3)17-4/h5-7H,8H2,1-4H3,(H,15,16). The third-order valence-corrected chi connectivity index (χ3v) is 3.84. The fraction of sp³-hybridized carbons (Fsp3) is 0.462. The van der Waals surface area contributed by atoms with Gasteiger partial charge in [-0.05, 0) is 39.2 Å². The van der Waals surface area contributed by atoms with Crippen LogP contribution >= 0.6 is 11.8 Å².